The van der Waals surface area contributed by atoms with E-state index in [0.29, 0.717) is 0 Å². The second-order valence-corrected chi connectivity index (χ2v) is 1.72. The van der Waals surface area contributed by atoms with Crippen molar-refractivity contribution in [1.29, 1.82) is 0 Å². The Morgan fingerprint density at radius 2 is 2.09 bits per heavy atom. The summed E-state index contributed by atoms with van der Waals surface area (Å²) in [6.07, 6.45) is 2.40. The normalized spacial score (nSPS) is 11.9. The molecule has 0 aliphatic rings. The van der Waals surface area contributed by atoms with E-state index in [2.05, 4.69) is 11.6 Å². The molecule has 0 saturated carbocycles. The Morgan fingerprint density at radius 3 is 2.36 bits per heavy atom. The molecule has 0 fully saturated rings. The number of aliphatic hydroxyl groups is 1. The Kier molecular flexibility index (Phi) is 3.66. The fourth-order valence-corrected chi connectivity index (χ4v) is 0.397. The number of carbonyl (C=O) groups is 1. The molecule has 0 aliphatic carbocycles. The third kappa shape index (κ3) is 3.91. The van der Waals surface area contributed by atoms with Crippen LogP contribution in [-0.2, 0) is 4.79 Å². The number of aliphatic imine (C=N–C) groups is 1. The molecule has 0 radical (unpaired) electrons. The fourth-order valence-electron chi connectivity index (χ4n) is 0.397. The first-order valence-electron chi connectivity index (χ1n) is 2.89. The van der Waals surface area contributed by atoms with E-state index in [9.17, 15) is 4.79 Å². The van der Waals surface area contributed by atoms with E-state index in [1.807, 2.05) is 0 Å². The quantitative estimate of drug-likeness (QED) is 0.364. The summed E-state index contributed by atoms with van der Waals surface area (Å²) in [5, 5.41) is 16.9. The lowest BCUT2D eigenvalue weighted by Crippen LogP contribution is -2.00. The second-order valence-electron chi connectivity index (χ2n) is 1.72. The molecule has 0 aromatic rings. The molecule has 0 unspecified atom stereocenters. The van der Waals surface area contributed by atoms with Crippen molar-refractivity contribution in [1.82, 2.24) is 0 Å². The van der Waals surface area contributed by atoms with Crippen LogP contribution in [0.2, 0.25) is 0 Å². The van der Waals surface area contributed by atoms with E-state index in [4.69, 9.17) is 10.2 Å². The summed E-state index contributed by atoms with van der Waals surface area (Å²) in [5.74, 6) is -1.50. The Hall–Kier alpha value is -1.58. The second kappa shape index (κ2) is 4.27. The third-order valence-corrected chi connectivity index (χ3v) is 0.911. The minimum absolute atomic E-state index is 0.0141. The summed E-state index contributed by atoms with van der Waals surface area (Å²) in [6, 6.07) is 0. The maximum absolute atomic E-state index is 10.3. The molecular weight excluding hydrogens is 146 g/mol. The van der Waals surface area contributed by atoms with E-state index in [1.165, 1.54) is 6.08 Å². The number of carboxylic acid groups (broad SMARTS) is 1. The van der Waals surface area contributed by atoms with Gasteiger partial charge in [0.2, 0.25) is 5.88 Å². The van der Waals surface area contributed by atoms with Crippen LogP contribution >= 0.6 is 0 Å². The molecule has 0 bridgehead atoms. The molecule has 4 nitrogen and oxygen atoms in total. The SMILES string of the molecule is C=C(O)/N=C\C(=C/C)C(=O)O. The average molecular weight is 155 g/mol. The Morgan fingerprint density at radius 1 is 1.55 bits per heavy atom. The highest BCUT2D eigenvalue weighted by atomic mass is 16.4. The predicted molar refractivity (Wildman–Crippen MR) is 41.7 cm³/mol. The van der Waals surface area contributed by atoms with E-state index in [0.717, 1.165) is 6.21 Å². The lowest BCUT2D eigenvalue weighted by molar-refractivity contribution is -0.132. The lowest BCUT2D eigenvalue weighted by Gasteiger charge is -1.90. The number of hydrogen-bond acceptors (Lipinski definition) is 3. The van der Waals surface area contributed by atoms with Crippen LogP contribution in [0.25, 0.3) is 0 Å². The van der Waals surface area contributed by atoms with Crippen LogP contribution in [0, 0.1) is 0 Å². The van der Waals surface area contributed by atoms with Gasteiger partial charge < -0.3 is 10.2 Å². The van der Waals surface area contributed by atoms with Gasteiger partial charge in [0.25, 0.3) is 0 Å². The molecule has 60 valence electrons. The number of rotatable bonds is 3. The number of hydrogen-bond donors (Lipinski definition) is 2. The first-order chi connectivity index (χ1) is 5.07. The monoisotopic (exact) mass is 155 g/mol. The summed E-state index contributed by atoms with van der Waals surface area (Å²) in [7, 11) is 0. The summed E-state index contributed by atoms with van der Waals surface area (Å²) in [4.78, 5) is 13.6. The van der Waals surface area contributed by atoms with E-state index in [1.54, 1.807) is 6.92 Å². The van der Waals surface area contributed by atoms with Gasteiger partial charge in [-0.2, -0.15) is 0 Å². The van der Waals surface area contributed by atoms with E-state index in [-0.39, 0.29) is 5.57 Å². The summed E-state index contributed by atoms with van der Waals surface area (Å²) in [6.45, 7) is 4.62. The van der Waals surface area contributed by atoms with Crippen molar-refractivity contribution in [2.75, 3.05) is 0 Å². The highest BCUT2D eigenvalue weighted by molar-refractivity contribution is 6.08. The van der Waals surface area contributed by atoms with Gasteiger partial charge in [0.1, 0.15) is 0 Å². The van der Waals surface area contributed by atoms with E-state index < -0.39 is 11.9 Å². The Balaban J connectivity index is 4.34. The Labute approximate surface area is 64.2 Å². The van der Waals surface area contributed by atoms with Crippen molar-refractivity contribution in [2.24, 2.45) is 4.99 Å². The molecule has 0 aromatic heterocycles. The van der Waals surface area contributed by atoms with Gasteiger partial charge in [0.15, 0.2) is 0 Å². The van der Waals surface area contributed by atoms with Gasteiger partial charge in [-0.25, -0.2) is 9.79 Å². The molecule has 0 rings (SSSR count). The summed E-state index contributed by atoms with van der Waals surface area (Å²) < 4.78 is 0. The van der Waals surface area contributed by atoms with E-state index >= 15 is 0 Å². The highest BCUT2D eigenvalue weighted by Crippen LogP contribution is 1.92. The number of carboxylic acids is 1. The molecule has 0 aromatic carbocycles. The first-order valence-corrected chi connectivity index (χ1v) is 2.89. The van der Waals surface area contributed by atoms with Crippen molar-refractivity contribution < 1.29 is 15.0 Å². The topological polar surface area (TPSA) is 69.9 Å². The molecule has 0 heterocycles. The van der Waals surface area contributed by atoms with Crippen molar-refractivity contribution in [3.8, 4) is 0 Å². The molecule has 4 heteroatoms. The average Bonchev–Trinajstić information content (AvgIpc) is 1.87. The van der Waals surface area contributed by atoms with Gasteiger partial charge in [-0.05, 0) is 13.5 Å². The summed E-state index contributed by atoms with van der Waals surface area (Å²) in [5.41, 5.74) is 0.0141. The standard InChI is InChI=1S/C7H9NO3/c1-3-6(7(10)11)4-8-5(2)9/h3-4,9H,2H2,1H3,(H,10,11)/b6-3+,8-4-. The van der Waals surface area contributed by atoms with Crippen LogP contribution in [-0.4, -0.2) is 22.4 Å². The van der Waals surface area contributed by atoms with Crippen LogP contribution in [0.3, 0.4) is 0 Å². The van der Waals surface area contributed by atoms with Crippen molar-refractivity contribution in [3.63, 3.8) is 0 Å². The minimum Gasteiger partial charge on any atom is -0.494 e. The lowest BCUT2D eigenvalue weighted by atomic mass is 10.3. The number of aliphatic carboxylic acids is 1. The van der Waals surface area contributed by atoms with Crippen LogP contribution in [0.1, 0.15) is 6.92 Å². The molecule has 0 amide bonds. The van der Waals surface area contributed by atoms with Gasteiger partial charge in [0, 0.05) is 6.21 Å². The molecule has 0 atom stereocenters. The maximum Gasteiger partial charge on any atom is 0.336 e. The van der Waals surface area contributed by atoms with Crippen LogP contribution in [0.15, 0.2) is 29.1 Å². The minimum atomic E-state index is -1.09. The largest absolute Gasteiger partial charge is 0.494 e. The highest BCUT2D eigenvalue weighted by Gasteiger charge is 2.00. The fraction of sp³-hybridized carbons (Fsp3) is 0.143. The Bertz CT molecular complexity index is 228. The third-order valence-electron chi connectivity index (χ3n) is 0.911. The number of nitrogens with zero attached hydrogens (tertiary/aromatic N) is 1. The van der Waals surface area contributed by atoms with Crippen LogP contribution in [0.5, 0.6) is 0 Å². The summed E-state index contributed by atoms with van der Waals surface area (Å²) >= 11 is 0. The van der Waals surface area contributed by atoms with Crippen LogP contribution < -0.4 is 0 Å². The van der Waals surface area contributed by atoms with Crippen molar-refractivity contribution in [3.05, 3.63) is 24.1 Å². The smallest absolute Gasteiger partial charge is 0.336 e. The van der Waals surface area contributed by atoms with Gasteiger partial charge in [-0.1, -0.05) is 6.08 Å². The zero-order valence-electron chi connectivity index (χ0n) is 6.11. The number of allylic oxidation sites excluding steroid dienone is 1. The van der Waals surface area contributed by atoms with Crippen molar-refractivity contribution in [2.45, 2.75) is 6.92 Å². The van der Waals surface area contributed by atoms with Gasteiger partial charge in [-0.15, -0.1) is 0 Å². The first kappa shape index (κ1) is 9.42. The number of aliphatic hydroxyl groups excluding tert-OH is 1. The molecule has 0 aliphatic heterocycles. The zero-order valence-corrected chi connectivity index (χ0v) is 6.11. The predicted octanol–water partition coefficient (Wildman–Crippen LogP) is 1.12. The van der Waals surface area contributed by atoms with Gasteiger partial charge >= 0.3 is 5.97 Å². The molecule has 0 spiro atoms. The molecular formula is C7H9NO3. The van der Waals surface area contributed by atoms with Crippen LogP contribution in [0.4, 0.5) is 0 Å². The molecule has 11 heavy (non-hydrogen) atoms. The molecule has 0 saturated heterocycles. The maximum atomic E-state index is 10.3. The van der Waals surface area contributed by atoms with Crippen molar-refractivity contribution >= 4 is 12.2 Å². The molecule has 2 N–H and O–H groups in total. The van der Waals surface area contributed by atoms with Gasteiger partial charge in [-0.3, -0.25) is 0 Å². The zero-order chi connectivity index (χ0) is 8.85. The van der Waals surface area contributed by atoms with Gasteiger partial charge in [0.05, 0.1) is 5.57 Å².